The lowest BCUT2D eigenvalue weighted by atomic mass is 9.97. The Morgan fingerprint density at radius 1 is 1.26 bits per heavy atom. The van der Waals surface area contributed by atoms with E-state index in [1.807, 2.05) is 12.1 Å². The van der Waals surface area contributed by atoms with E-state index in [0.717, 1.165) is 49.6 Å². The maximum atomic E-state index is 5.72. The second-order valence-corrected chi connectivity index (χ2v) is 5.04. The quantitative estimate of drug-likeness (QED) is 0.877. The number of aromatic amines is 1. The Kier molecular flexibility index (Phi) is 3.46. The smallest absolute Gasteiger partial charge is 0.150 e. The molecule has 5 nitrogen and oxygen atoms in total. The maximum absolute atomic E-state index is 5.72. The number of nitrogens with one attached hydrogen (secondary N) is 1. The van der Waals surface area contributed by atoms with Crippen molar-refractivity contribution in [2.24, 2.45) is 11.7 Å². The SMILES string of the molecule is NCC1CCN(c2cc(-c3ccncc3)[nH]n2)CC1. The fourth-order valence-electron chi connectivity index (χ4n) is 2.55. The Morgan fingerprint density at radius 3 is 2.68 bits per heavy atom. The molecule has 1 fully saturated rings. The van der Waals surface area contributed by atoms with Crippen molar-refractivity contribution in [1.82, 2.24) is 15.2 Å². The fraction of sp³-hybridized carbons (Fsp3) is 0.429. The van der Waals surface area contributed by atoms with E-state index >= 15 is 0 Å². The average Bonchev–Trinajstić information content (AvgIpc) is 2.98. The summed E-state index contributed by atoms with van der Waals surface area (Å²) in [7, 11) is 0. The first-order valence-electron chi connectivity index (χ1n) is 6.77. The predicted octanol–water partition coefficient (Wildman–Crippen LogP) is 1.65. The molecule has 5 heteroatoms. The summed E-state index contributed by atoms with van der Waals surface area (Å²) in [6, 6.07) is 6.08. The third-order valence-corrected chi connectivity index (χ3v) is 3.83. The monoisotopic (exact) mass is 257 g/mol. The van der Waals surface area contributed by atoms with Crippen LogP contribution in [-0.2, 0) is 0 Å². The van der Waals surface area contributed by atoms with Crippen LogP contribution in [0, 0.1) is 5.92 Å². The van der Waals surface area contributed by atoms with E-state index in [4.69, 9.17) is 5.73 Å². The average molecular weight is 257 g/mol. The third kappa shape index (κ3) is 2.61. The third-order valence-electron chi connectivity index (χ3n) is 3.83. The van der Waals surface area contributed by atoms with Gasteiger partial charge in [0.1, 0.15) is 0 Å². The number of nitrogens with two attached hydrogens (primary N) is 1. The van der Waals surface area contributed by atoms with Crippen LogP contribution in [0.1, 0.15) is 12.8 Å². The highest BCUT2D eigenvalue weighted by atomic mass is 15.3. The highest BCUT2D eigenvalue weighted by Crippen LogP contribution is 2.25. The van der Waals surface area contributed by atoms with Gasteiger partial charge in [0.05, 0.1) is 5.69 Å². The molecule has 0 aromatic carbocycles. The van der Waals surface area contributed by atoms with Crippen molar-refractivity contribution >= 4 is 5.82 Å². The van der Waals surface area contributed by atoms with Gasteiger partial charge in [0, 0.05) is 37.1 Å². The molecule has 2 aromatic heterocycles. The molecule has 0 bridgehead atoms. The topological polar surface area (TPSA) is 70.8 Å². The minimum absolute atomic E-state index is 0.676. The van der Waals surface area contributed by atoms with Gasteiger partial charge in [0.2, 0.25) is 0 Å². The van der Waals surface area contributed by atoms with E-state index < -0.39 is 0 Å². The first-order valence-corrected chi connectivity index (χ1v) is 6.77. The predicted molar refractivity (Wildman–Crippen MR) is 75.8 cm³/mol. The summed E-state index contributed by atoms with van der Waals surface area (Å²) in [5, 5.41) is 7.52. The summed E-state index contributed by atoms with van der Waals surface area (Å²) >= 11 is 0. The summed E-state index contributed by atoms with van der Waals surface area (Å²) in [6.45, 7) is 2.89. The Morgan fingerprint density at radius 2 is 2.00 bits per heavy atom. The summed E-state index contributed by atoms with van der Waals surface area (Å²) in [4.78, 5) is 6.36. The molecule has 2 aromatic rings. The van der Waals surface area contributed by atoms with Gasteiger partial charge in [-0.15, -0.1) is 0 Å². The van der Waals surface area contributed by atoms with Gasteiger partial charge in [-0.25, -0.2) is 0 Å². The molecular weight excluding hydrogens is 238 g/mol. The minimum atomic E-state index is 0.676. The molecule has 0 atom stereocenters. The van der Waals surface area contributed by atoms with Gasteiger partial charge in [-0.05, 0) is 37.4 Å². The molecule has 19 heavy (non-hydrogen) atoms. The molecule has 1 aliphatic heterocycles. The van der Waals surface area contributed by atoms with E-state index in [9.17, 15) is 0 Å². The molecule has 0 amide bonds. The lowest BCUT2D eigenvalue weighted by Crippen LogP contribution is -2.36. The zero-order chi connectivity index (χ0) is 13.1. The number of hydrogen-bond acceptors (Lipinski definition) is 4. The Balaban J connectivity index is 1.72. The Hall–Kier alpha value is -1.88. The van der Waals surface area contributed by atoms with Crippen LogP contribution < -0.4 is 10.6 Å². The number of rotatable bonds is 3. The zero-order valence-corrected chi connectivity index (χ0v) is 10.9. The zero-order valence-electron chi connectivity index (χ0n) is 10.9. The van der Waals surface area contributed by atoms with Gasteiger partial charge >= 0.3 is 0 Å². The van der Waals surface area contributed by atoms with Gasteiger partial charge < -0.3 is 10.6 Å². The van der Waals surface area contributed by atoms with Gasteiger partial charge in [0.15, 0.2) is 5.82 Å². The second-order valence-electron chi connectivity index (χ2n) is 5.04. The molecule has 0 aliphatic carbocycles. The van der Waals surface area contributed by atoms with Crippen LogP contribution in [0.15, 0.2) is 30.6 Å². The maximum Gasteiger partial charge on any atom is 0.150 e. The Bertz CT molecular complexity index is 514. The first kappa shape index (κ1) is 12.2. The molecule has 3 rings (SSSR count). The van der Waals surface area contributed by atoms with Crippen molar-refractivity contribution in [3.63, 3.8) is 0 Å². The van der Waals surface area contributed by atoms with E-state index in [0.29, 0.717) is 5.92 Å². The fourth-order valence-corrected chi connectivity index (χ4v) is 2.55. The molecule has 100 valence electrons. The van der Waals surface area contributed by atoms with Crippen LogP contribution in [0.3, 0.4) is 0 Å². The minimum Gasteiger partial charge on any atom is -0.355 e. The largest absolute Gasteiger partial charge is 0.355 e. The van der Waals surface area contributed by atoms with Gasteiger partial charge in [0.25, 0.3) is 0 Å². The van der Waals surface area contributed by atoms with Crippen molar-refractivity contribution in [2.45, 2.75) is 12.8 Å². The van der Waals surface area contributed by atoms with Gasteiger partial charge in [-0.3, -0.25) is 10.1 Å². The van der Waals surface area contributed by atoms with Crippen molar-refractivity contribution in [3.05, 3.63) is 30.6 Å². The number of H-pyrrole nitrogens is 1. The molecular formula is C14H19N5. The van der Waals surface area contributed by atoms with Gasteiger partial charge in [-0.1, -0.05) is 0 Å². The Labute approximate surface area is 112 Å². The molecule has 1 aliphatic rings. The van der Waals surface area contributed by atoms with E-state index in [1.54, 1.807) is 12.4 Å². The highest BCUT2D eigenvalue weighted by molar-refractivity contribution is 5.62. The summed E-state index contributed by atoms with van der Waals surface area (Å²) in [5.41, 5.74) is 7.88. The summed E-state index contributed by atoms with van der Waals surface area (Å²) in [5.74, 6) is 1.71. The molecule has 0 unspecified atom stereocenters. The standard InChI is InChI=1S/C14H19N5/c15-10-11-3-7-19(8-4-11)14-9-13(17-18-14)12-1-5-16-6-2-12/h1-2,5-6,9,11H,3-4,7-8,10,15H2,(H,17,18). The van der Waals surface area contributed by atoms with Crippen LogP contribution in [0.2, 0.25) is 0 Å². The van der Waals surface area contributed by atoms with E-state index in [2.05, 4.69) is 26.1 Å². The van der Waals surface area contributed by atoms with Gasteiger partial charge in [-0.2, -0.15) is 5.10 Å². The number of anilines is 1. The highest BCUT2D eigenvalue weighted by Gasteiger charge is 2.20. The molecule has 0 saturated carbocycles. The molecule has 0 spiro atoms. The van der Waals surface area contributed by atoms with Crippen LogP contribution in [0.4, 0.5) is 5.82 Å². The molecule has 3 N–H and O–H groups in total. The van der Waals surface area contributed by atoms with Crippen LogP contribution >= 0.6 is 0 Å². The lowest BCUT2D eigenvalue weighted by molar-refractivity contribution is 0.413. The molecule has 0 radical (unpaired) electrons. The van der Waals surface area contributed by atoms with Crippen LogP contribution in [0.5, 0.6) is 0 Å². The molecule has 1 saturated heterocycles. The van der Waals surface area contributed by atoms with Crippen LogP contribution in [0.25, 0.3) is 11.3 Å². The number of pyridine rings is 1. The summed E-state index contributed by atoms with van der Waals surface area (Å²) in [6.07, 6.45) is 5.91. The van der Waals surface area contributed by atoms with Crippen molar-refractivity contribution in [3.8, 4) is 11.3 Å². The van der Waals surface area contributed by atoms with E-state index in [1.165, 1.54) is 0 Å². The van der Waals surface area contributed by atoms with Crippen molar-refractivity contribution < 1.29 is 0 Å². The summed E-state index contributed by atoms with van der Waals surface area (Å²) < 4.78 is 0. The van der Waals surface area contributed by atoms with Crippen molar-refractivity contribution in [2.75, 3.05) is 24.5 Å². The first-order chi connectivity index (χ1) is 9.36. The van der Waals surface area contributed by atoms with Crippen LogP contribution in [-0.4, -0.2) is 34.8 Å². The number of nitrogens with zero attached hydrogens (tertiary/aromatic N) is 3. The number of aromatic nitrogens is 3. The second kappa shape index (κ2) is 5.40. The van der Waals surface area contributed by atoms with E-state index in [-0.39, 0.29) is 0 Å². The molecule has 3 heterocycles. The lowest BCUT2D eigenvalue weighted by Gasteiger charge is -2.31. The normalized spacial score (nSPS) is 16.8. The number of piperidine rings is 1. The van der Waals surface area contributed by atoms with Crippen molar-refractivity contribution in [1.29, 1.82) is 0 Å². The number of hydrogen-bond donors (Lipinski definition) is 2.